The van der Waals surface area contributed by atoms with E-state index < -0.39 is 22.0 Å². The number of carbonyl (C=O) groups excluding carboxylic acids is 3. The zero-order chi connectivity index (χ0) is 34.9. The summed E-state index contributed by atoms with van der Waals surface area (Å²) in [5, 5.41) is 23.3. The number of hydrogen-bond acceptors (Lipinski definition) is 9. The van der Waals surface area contributed by atoms with Crippen molar-refractivity contribution < 1.29 is 19.3 Å². The van der Waals surface area contributed by atoms with Gasteiger partial charge in [0, 0.05) is 33.7 Å². The molecule has 10 nitrogen and oxygen atoms in total. The quantitative estimate of drug-likeness (QED) is 0.0498. The number of nitrogens with one attached hydrogen (secondary N) is 3. The average Bonchev–Trinajstić information content (AvgIpc) is 3.84. The molecule has 0 saturated heterocycles. The van der Waals surface area contributed by atoms with Crippen molar-refractivity contribution in [3.8, 4) is 10.6 Å². The van der Waals surface area contributed by atoms with E-state index in [2.05, 4.69) is 20.9 Å². The number of thioether (sulfide) groups is 1. The maximum absolute atomic E-state index is 13.7. The van der Waals surface area contributed by atoms with E-state index in [1.807, 2.05) is 59.3 Å². The van der Waals surface area contributed by atoms with Gasteiger partial charge >= 0.3 is 0 Å². The number of nitro groups is 1. The molecule has 0 aliphatic heterocycles. The van der Waals surface area contributed by atoms with Crippen LogP contribution in [0.2, 0.25) is 0 Å². The highest BCUT2D eigenvalue weighted by Gasteiger charge is 2.24. The number of aromatic nitrogens is 1. The molecule has 0 spiro atoms. The molecular weight excluding hydrogens is 691 g/mol. The Labute approximate surface area is 299 Å². The molecule has 6 aromatic rings. The van der Waals surface area contributed by atoms with Crippen molar-refractivity contribution in [1.82, 2.24) is 10.3 Å². The van der Waals surface area contributed by atoms with Gasteiger partial charge in [-0.15, -0.1) is 34.4 Å². The Morgan fingerprint density at radius 3 is 2.26 bits per heavy atom. The molecule has 50 heavy (non-hydrogen) atoms. The van der Waals surface area contributed by atoms with Crippen LogP contribution in [0.1, 0.15) is 26.7 Å². The number of thiazole rings is 1. The van der Waals surface area contributed by atoms with Crippen molar-refractivity contribution >= 4 is 74.7 Å². The summed E-state index contributed by atoms with van der Waals surface area (Å²) in [6.45, 7) is 0. The van der Waals surface area contributed by atoms with E-state index in [0.29, 0.717) is 26.8 Å². The van der Waals surface area contributed by atoms with Crippen molar-refractivity contribution in [2.75, 3.05) is 10.6 Å². The van der Waals surface area contributed by atoms with Crippen LogP contribution in [0.3, 0.4) is 0 Å². The Balaban J connectivity index is 1.22. The number of rotatable bonds is 12. The fourth-order valence-corrected chi connectivity index (χ4v) is 7.28. The third-order valence-electron chi connectivity index (χ3n) is 7.14. The first kappa shape index (κ1) is 34.0. The van der Waals surface area contributed by atoms with E-state index in [0.717, 1.165) is 16.1 Å². The number of non-ortho nitro benzene ring substituents is 1. The Bertz CT molecular complexity index is 2150. The first-order chi connectivity index (χ1) is 24.3. The van der Waals surface area contributed by atoms with Crippen molar-refractivity contribution in [3.05, 3.63) is 165 Å². The van der Waals surface area contributed by atoms with Crippen molar-refractivity contribution in [2.24, 2.45) is 0 Å². The van der Waals surface area contributed by atoms with E-state index in [4.69, 9.17) is 0 Å². The van der Waals surface area contributed by atoms with Crippen LogP contribution in [0, 0.1) is 10.1 Å². The number of nitro benzene ring substituents is 1. The van der Waals surface area contributed by atoms with E-state index in [1.165, 1.54) is 53.4 Å². The standard InChI is InChI=1S/C37H27N5O5S3/c43-34(26-11-5-2-6-12-26)39-30(21-24-16-18-28(19-17-24)42(46)47)35(44)38-27-13-7-14-29(22-27)50-33(25-9-3-1-4-10-25)36(45)41-37-40-31(23-49-37)32-15-8-20-48-32/h1-23,33H,(H,38,44)(H,39,43)(H,40,41,45)/b30-21+. The number of hydrogen-bond donors (Lipinski definition) is 3. The van der Waals surface area contributed by atoms with Crippen LogP contribution in [-0.4, -0.2) is 27.6 Å². The maximum atomic E-state index is 13.7. The zero-order valence-corrected chi connectivity index (χ0v) is 28.5. The molecule has 0 saturated carbocycles. The van der Waals surface area contributed by atoms with Crippen LogP contribution in [0.25, 0.3) is 16.6 Å². The summed E-state index contributed by atoms with van der Waals surface area (Å²) in [5.74, 6) is -1.37. The topological polar surface area (TPSA) is 143 Å². The highest BCUT2D eigenvalue weighted by molar-refractivity contribution is 8.00. The van der Waals surface area contributed by atoms with Crippen LogP contribution in [0.15, 0.2) is 143 Å². The molecule has 3 N–H and O–H groups in total. The Morgan fingerprint density at radius 2 is 1.56 bits per heavy atom. The molecule has 2 heterocycles. The molecule has 1 atom stereocenters. The third kappa shape index (κ3) is 8.76. The largest absolute Gasteiger partial charge is 0.321 e. The predicted molar refractivity (Wildman–Crippen MR) is 199 cm³/mol. The van der Waals surface area contributed by atoms with Crippen LogP contribution in [-0.2, 0) is 9.59 Å². The second-order valence-electron chi connectivity index (χ2n) is 10.6. The fourth-order valence-electron chi connectivity index (χ4n) is 4.72. The number of carbonyl (C=O) groups is 3. The SMILES string of the molecule is O=C(Nc1cccc(SC(C(=O)Nc2nc(-c3cccs3)cs2)c2ccccc2)c1)/C(=C\c1ccc([N+](=O)[O-])cc1)NC(=O)c1ccccc1. The van der Waals surface area contributed by atoms with Gasteiger partial charge in [0.2, 0.25) is 5.91 Å². The zero-order valence-electron chi connectivity index (χ0n) is 26.0. The Morgan fingerprint density at radius 1 is 0.820 bits per heavy atom. The van der Waals surface area contributed by atoms with E-state index in [9.17, 15) is 24.5 Å². The Hall–Kier alpha value is -5.89. The number of anilines is 2. The fraction of sp³-hybridized carbons (Fsp3) is 0.0270. The molecule has 13 heteroatoms. The highest BCUT2D eigenvalue weighted by atomic mass is 32.2. The number of amides is 3. The summed E-state index contributed by atoms with van der Waals surface area (Å²) in [6.07, 6.45) is 1.44. The maximum Gasteiger partial charge on any atom is 0.272 e. The number of nitrogens with zero attached hydrogens (tertiary/aromatic N) is 2. The highest BCUT2D eigenvalue weighted by Crippen LogP contribution is 2.38. The lowest BCUT2D eigenvalue weighted by Gasteiger charge is -2.17. The lowest BCUT2D eigenvalue weighted by atomic mass is 10.1. The van der Waals surface area contributed by atoms with Crippen molar-refractivity contribution in [1.29, 1.82) is 0 Å². The molecular formula is C37H27N5O5S3. The van der Waals surface area contributed by atoms with Gasteiger partial charge in [-0.05, 0) is 71.1 Å². The van der Waals surface area contributed by atoms with Crippen LogP contribution >= 0.6 is 34.4 Å². The molecule has 0 aliphatic carbocycles. The minimum absolute atomic E-state index is 0.0716. The van der Waals surface area contributed by atoms with E-state index >= 15 is 0 Å². The number of benzene rings is 4. The van der Waals surface area contributed by atoms with E-state index in [-0.39, 0.29) is 17.3 Å². The smallest absolute Gasteiger partial charge is 0.272 e. The van der Waals surface area contributed by atoms with Crippen LogP contribution in [0.5, 0.6) is 0 Å². The Kier molecular flexibility index (Phi) is 10.9. The third-order valence-corrected chi connectivity index (χ3v) is 10.0. The van der Waals surface area contributed by atoms with Crippen molar-refractivity contribution in [2.45, 2.75) is 10.1 Å². The minimum atomic E-state index is -0.640. The summed E-state index contributed by atoms with van der Waals surface area (Å²) in [5.41, 5.74) is 2.66. The summed E-state index contributed by atoms with van der Waals surface area (Å²) < 4.78 is 0. The van der Waals surface area contributed by atoms with Gasteiger partial charge in [-0.25, -0.2) is 4.98 Å². The van der Waals surface area contributed by atoms with Crippen LogP contribution < -0.4 is 16.0 Å². The molecule has 1 unspecified atom stereocenters. The molecule has 0 bridgehead atoms. The predicted octanol–water partition coefficient (Wildman–Crippen LogP) is 8.66. The van der Waals surface area contributed by atoms with Gasteiger partial charge in [-0.2, -0.15) is 0 Å². The first-order valence-corrected chi connectivity index (χ1v) is 17.7. The van der Waals surface area contributed by atoms with Gasteiger partial charge < -0.3 is 16.0 Å². The van der Waals surface area contributed by atoms with Gasteiger partial charge in [0.05, 0.1) is 15.5 Å². The van der Waals surface area contributed by atoms with Gasteiger partial charge in [0.15, 0.2) is 5.13 Å². The van der Waals surface area contributed by atoms with Crippen LogP contribution in [0.4, 0.5) is 16.5 Å². The van der Waals surface area contributed by atoms with Crippen molar-refractivity contribution in [3.63, 3.8) is 0 Å². The summed E-state index contributed by atoms with van der Waals surface area (Å²) in [4.78, 5) is 57.3. The number of thiophene rings is 1. The molecule has 6 rings (SSSR count). The average molecular weight is 718 g/mol. The summed E-state index contributed by atoms with van der Waals surface area (Å²) >= 11 is 4.24. The molecule has 4 aromatic carbocycles. The first-order valence-electron chi connectivity index (χ1n) is 15.1. The lowest BCUT2D eigenvalue weighted by Crippen LogP contribution is -2.30. The van der Waals surface area contributed by atoms with Gasteiger partial charge in [-0.1, -0.05) is 60.7 Å². The molecule has 3 amide bonds. The molecule has 0 radical (unpaired) electrons. The van der Waals surface area contributed by atoms with Gasteiger partial charge in [0.25, 0.3) is 17.5 Å². The monoisotopic (exact) mass is 717 g/mol. The van der Waals surface area contributed by atoms with Gasteiger partial charge in [-0.3, -0.25) is 24.5 Å². The minimum Gasteiger partial charge on any atom is -0.321 e. The lowest BCUT2D eigenvalue weighted by molar-refractivity contribution is -0.384. The molecule has 0 fully saturated rings. The van der Waals surface area contributed by atoms with E-state index in [1.54, 1.807) is 59.9 Å². The second-order valence-corrected chi connectivity index (χ2v) is 13.6. The normalized spacial score (nSPS) is 11.7. The molecule has 0 aliphatic rings. The summed E-state index contributed by atoms with van der Waals surface area (Å²) in [6, 6.07) is 34.4. The molecule has 2 aromatic heterocycles. The second kappa shape index (κ2) is 16.0. The summed E-state index contributed by atoms with van der Waals surface area (Å²) in [7, 11) is 0. The molecule has 248 valence electrons. The van der Waals surface area contributed by atoms with Gasteiger partial charge in [0.1, 0.15) is 10.9 Å².